The van der Waals surface area contributed by atoms with Gasteiger partial charge in [-0.05, 0) is 31.2 Å². The van der Waals surface area contributed by atoms with Crippen LogP contribution in [0.2, 0.25) is 0 Å². The van der Waals surface area contributed by atoms with E-state index in [1.165, 1.54) is 16.9 Å². The van der Waals surface area contributed by atoms with Crippen molar-refractivity contribution < 1.29 is 9.18 Å². The second kappa shape index (κ2) is 8.10. The largest absolute Gasteiger partial charge is 0.382 e. The number of nitriles is 1. The molecule has 2 aromatic carbocycles. The van der Waals surface area contributed by atoms with Gasteiger partial charge >= 0.3 is 0 Å². The number of halogens is 1. The van der Waals surface area contributed by atoms with Crippen molar-refractivity contribution >= 4 is 11.6 Å². The van der Waals surface area contributed by atoms with E-state index in [0.29, 0.717) is 17.9 Å². The van der Waals surface area contributed by atoms with Gasteiger partial charge in [0.15, 0.2) is 5.69 Å². The number of carbonyl (C=O) groups is 1. The average molecular weight is 364 g/mol. The second-order valence-corrected chi connectivity index (χ2v) is 5.72. The monoisotopic (exact) mass is 364 g/mol. The van der Waals surface area contributed by atoms with Gasteiger partial charge in [0.1, 0.15) is 17.4 Å². The van der Waals surface area contributed by atoms with E-state index in [9.17, 15) is 9.18 Å². The fourth-order valence-corrected chi connectivity index (χ4v) is 2.51. The minimum absolute atomic E-state index is 0.0505. The molecule has 0 atom stereocenters. The molecule has 0 radical (unpaired) electrons. The highest BCUT2D eigenvalue weighted by atomic mass is 19.1. The third-order valence-electron chi connectivity index (χ3n) is 3.84. The first kappa shape index (κ1) is 18.1. The first-order valence-electron chi connectivity index (χ1n) is 8.30. The Labute approximate surface area is 155 Å². The van der Waals surface area contributed by atoms with Gasteiger partial charge in [0, 0.05) is 13.1 Å². The molecule has 0 bridgehead atoms. The van der Waals surface area contributed by atoms with Gasteiger partial charge in [0.05, 0.1) is 17.1 Å². The van der Waals surface area contributed by atoms with Crippen molar-refractivity contribution in [2.75, 3.05) is 18.4 Å². The van der Waals surface area contributed by atoms with Gasteiger partial charge in [-0.1, -0.05) is 24.3 Å². The summed E-state index contributed by atoms with van der Waals surface area (Å²) in [5.74, 6) is -0.934. The molecule has 0 saturated heterocycles. The van der Waals surface area contributed by atoms with Crippen LogP contribution in [-0.2, 0) is 0 Å². The van der Waals surface area contributed by atoms with Crippen LogP contribution in [0.5, 0.6) is 0 Å². The van der Waals surface area contributed by atoms with Crippen LogP contribution in [0.3, 0.4) is 0 Å². The molecular formula is C19H17FN6O. The smallest absolute Gasteiger partial charge is 0.273 e. The number of aromatic nitrogens is 3. The highest BCUT2D eigenvalue weighted by molar-refractivity contribution is 5.93. The number of para-hydroxylation sites is 1. The highest BCUT2D eigenvalue weighted by Crippen LogP contribution is 2.17. The first-order valence-corrected chi connectivity index (χ1v) is 8.30. The van der Waals surface area contributed by atoms with Gasteiger partial charge in [-0.15, -0.1) is 5.10 Å². The SMILES string of the molecule is Cc1nn(-c2ccccc2)nc1C(=O)NCCNc1cccc(F)c1C#N. The number of hydrogen-bond donors (Lipinski definition) is 2. The summed E-state index contributed by atoms with van der Waals surface area (Å²) in [5, 5.41) is 23.2. The minimum atomic E-state index is -0.584. The molecule has 8 heteroatoms. The maximum atomic E-state index is 13.5. The summed E-state index contributed by atoms with van der Waals surface area (Å²) in [6, 6.07) is 15.5. The lowest BCUT2D eigenvalue weighted by Gasteiger charge is -2.09. The van der Waals surface area contributed by atoms with Gasteiger partial charge in [-0.2, -0.15) is 15.2 Å². The van der Waals surface area contributed by atoms with E-state index in [2.05, 4.69) is 20.8 Å². The number of hydrogen-bond acceptors (Lipinski definition) is 5. The Balaban J connectivity index is 1.59. The van der Waals surface area contributed by atoms with Crippen LogP contribution < -0.4 is 10.6 Å². The summed E-state index contributed by atoms with van der Waals surface area (Å²) in [6.07, 6.45) is 0. The molecule has 0 aliphatic rings. The number of benzene rings is 2. The fraction of sp³-hybridized carbons (Fsp3) is 0.158. The molecule has 1 heterocycles. The first-order chi connectivity index (χ1) is 13.1. The lowest BCUT2D eigenvalue weighted by atomic mass is 10.2. The molecule has 0 aliphatic carbocycles. The summed E-state index contributed by atoms with van der Waals surface area (Å²) in [7, 11) is 0. The zero-order valence-corrected chi connectivity index (χ0v) is 14.6. The summed E-state index contributed by atoms with van der Waals surface area (Å²) in [5.41, 5.74) is 1.85. The van der Waals surface area contributed by atoms with Crippen molar-refractivity contribution in [1.29, 1.82) is 5.26 Å². The lowest BCUT2D eigenvalue weighted by molar-refractivity contribution is 0.0949. The van der Waals surface area contributed by atoms with Crippen LogP contribution in [0.15, 0.2) is 48.5 Å². The number of anilines is 1. The van der Waals surface area contributed by atoms with Crippen LogP contribution in [0.25, 0.3) is 5.69 Å². The van der Waals surface area contributed by atoms with Crippen molar-refractivity contribution in [3.63, 3.8) is 0 Å². The molecule has 2 N–H and O–H groups in total. The molecule has 3 aromatic rings. The van der Waals surface area contributed by atoms with Gasteiger partial charge in [-0.3, -0.25) is 4.79 Å². The van der Waals surface area contributed by atoms with Gasteiger partial charge in [0.25, 0.3) is 5.91 Å². The molecule has 0 fully saturated rings. The van der Waals surface area contributed by atoms with E-state index in [1.54, 1.807) is 13.0 Å². The molecule has 1 aromatic heterocycles. The predicted octanol–water partition coefficient (Wildman–Crippen LogP) is 2.43. The molecule has 0 saturated carbocycles. The van der Waals surface area contributed by atoms with Crippen LogP contribution in [0.1, 0.15) is 21.7 Å². The number of aryl methyl sites for hydroxylation is 1. The lowest BCUT2D eigenvalue weighted by Crippen LogP contribution is -2.29. The number of amides is 1. The summed E-state index contributed by atoms with van der Waals surface area (Å²) in [4.78, 5) is 13.7. The van der Waals surface area contributed by atoms with Crippen molar-refractivity contribution in [3.8, 4) is 11.8 Å². The van der Waals surface area contributed by atoms with E-state index in [4.69, 9.17) is 5.26 Å². The Morgan fingerprint density at radius 1 is 1.15 bits per heavy atom. The fourth-order valence-electron chi connectivity index (χ4n) is 2.51. The molecule has 136 valence electrons. The predicted molar refractivity (Wildman–Crippen MR) is 98.0 cm³/mol. The standard InChI is InChI=1S/C19H17FN6O/c1-13-18(25-26(24-13)14-6-3-2-4-7-14)19(27)23-11-10-22-17-9-5-8-16(20)15(17)12-21/h2-9,22H,10-11H2,1H3,(H,23,27). The Hall–Kier alpha value is -3.73. The molecular weight excluding hydrogens is 347 g/mol. The number of nitrogens with zero attached hydrogens (tertiary/aromatic N) is 4. The zero-order valence-electron chi connectivity index (χ0n) is 14.6. The summed E-state index contributed by atoms with van der Waals surface area (Å²) < 4.78 is 13.5. The molecule has 0 aliphatic heterocycles. The minimum Gasteiger partial charge on any atom is -0.382 e. The topological polar surface area (TPSA) is 95.6 Å². The third-order valence-corrected chi connectivity index (χ3v) is 3.84. The molecule has 3 rings (SSSR count). The van der Waals surface area contributed by atoms with Gasteiger partial charge in [0.2, 0.25) is 0 Å². The molecule has 0 unspecified atom stereocenters. The van der Waals surface area contributed by atoms with Crippen LogP contribution in [0, 0.1) is 24.1 Å². The second-order valence-electron chi connectivity index (χ2n) is 5.72. The Kier molecular flexibility index (Phi) is 5.42. The summed E-state index contributed by atoms with van der Waals surface area (Å²) >= 11 is 0. The van der Waals surface area contributed by atoms with E-state index in [-0.39, 0.29) is 23.7 Å². The molecule has 27 heavy (non-hydrogen) atoms. The summed E-state index contributed by atoms with van der Waals surface area (Å²) in [6.45, 7) is 2.32. The van der Waals surface area contributed by atoms with E-state index < -0.39 is 5.82 Å². The van der Waals surface area contributed by atoms with Crippen molar-refractivity contribution in [2.24, 2.45) is 0 Å². The third kappa shape index (κ3) is 4.10. The Morgan fingerprint density at radius 3 is 2.67 bits per heavy atom. The number of carbonyl (C=O) groups excluding carboxylic acids is 1. The zero-order chi connectivity index (χ0) is 19.2. The van der Waals surface area contributed by atoms with Crippen LogP contribution in [0.4, 0.5) is 10.1 Å². The van der Waals surface area contributed by atoms with Gasteiger partial charge in [-0.25, -0.2) is 4.39 Å². The van der Waals surface area contributed by atoms with Crippen molar-refractivity contribution in [3.05, 3.63) is 71.3 Å². The molecule has 7 nitrogen and oxygen atoms in total. The van der Waals surface area contributed by atoms with E-state index in [1.807, 2.05) is 36.4 Å². The van der Waals surface area contributed by atoms with Gasteiger partial charge < -0.3 is 10.6 Å². The normalized spacial score (nSPS) is 10.3. The van der Waals surface area contributed by atoms with Crippen molar-refractivity contribution in [1.82, 2.24) is 20.3 Å². The number of rotatable bonds is 6. The quantitative estimate of drug-likeness (QED) is 0.655. The van der Waals surface area contributed by atoms with Crippen LogP contribution in [-0.4, -0.2) is 34.0 Å². The maximum Gasteiger partial charge on any atom is 0.273 e. The molecule has 1 amide bonds. The van der Waals surface area contributed by atoms with Crippen molar-refractivity contribution in [2.45, 2.75) is 6.92 Å². The average Bonchev–Trinajstić information content (AvgIpc) is 3.08. The highest BCUT2D eigenvalue weighted by Gasteiger charge is 2.16. The number of nitrogens with one attached hydrogen (secondary N) is 2. The Morgan fingerprint density at radius 2 is 1.93 bits per heavy atom. The maximum absolute atomic E-state index is 13.5. The van der Waals surface area contributed by atoms with E-state index in [0.717, 1.165) is 5.69 Å². The molecule has 0 spiro atoms. The Bertz CT molecular complexity index is 993. The van der Waals surface area contributed by atoms with Crippen LogP contribution >= 0.6 is 0 Å². The van der Waals surface area contributed by atoms with E-state index >= 15 is 0 Å².